The number of thiophene rings is 1. The topological polar surface area (TPSA) is 95.3 Å². The number of carbonyl (C=O) groups excluding carboxylic acids is 2. The van der Waals surface area contributed by atoms with Gasteiger partial charge in [0.2, 0.25) is 5.91 Å². The molecule has 0 radical (unpaired) electrons. The van der Waals surface area contributed by atoms with Crippen LogP contribution in [0.3, 0.4) is 0 Å². The van der Waals surface area contributed by atoms with Gasteiger partial charge in [-0.25, -0.2) is 4.79 Å². The molecule has 0 aliphatic heterocycles. The standard InChI is InChI=1S/C22H26N4O4S2/c1-5-26-19(15-6-8-16(9-7-15)30-12-14(2)3)24-25-22(26)32-13-18(27)23-20-17(10-11-31-20)21(28)29-4/h6-11,14H,5,12-13H2,1-4H3,(H,23,27). The first-order valence-electron chi connectivity index (χ1n) is 10.2. The predicted octanol–water partition coefficient (Wildman–Crippen LogP) is 4.58. The van der Waals surface area contributed by atoms with E-state index in [-0.39, 0.29) is 11.7 Å². The summed E-state index contributed by atoms with van der Waals surface area (Å²) >= 11 is 2.57. The highest BCUT2D eigenvalue weighted by atomic mass is 32.2. The second-order valence-electron chi connectivity index (χ2n) is 7.27. The number of anilines is 1. The maximum atomic E-state index is 12.4. The highest BCUT2D eigenvalue weighted by Crippen LogP contribution is 2.27. The summed E-state index contributed by atoms with van der Waals surface area (Å²) in [4.78, 5) is 24.2. The predicted molar refractivity (Wildman–Crippen MR) is 126 cm³/mol. The Morgan fingerprint density at radius 1 is 1.19 bits per heavy atom. The van der Waals surface area contributed by atoms with Gasteiger partial charge in [0, 0.05) is 12.1 Å². The number of esters is 1. The Balaban J connectivity index is 1.64. The fraction of sp³-hybridized carbons (Fsp3) is 0.364. The third-order valence-electron chi connectivity index (χ3n) is 4.38. The average Bonchev–Trinajstić information content (AvgIpc) is 3.42. The van der Waals surface area contributed by atoms with Crippen molar-refractivity contribution in [1.29, 1.82) is 0 Å². The molecule has 10 heteroatoms. The molecule has 0 bridgehead atoms. The Labute approximate surface area is 195 Å². The normalized spacial score (nSPS) is 10.9. The maximum absolute atomic E-state index is 12.4. The number of methoxy groups -OCH3 is 1. The molecule has 3 aromatic rings. The molecule has 2 aromatic heterocycles. The van der Waals surface area contributed by atoms with Gasteiger partial charge in [0.15, 0.2) is 11.0 Å². The Morgan fingerprint density at radius 2 is 1.94 bits per heavy atom. The zero-order valence-electron chi connectivity index (χ0n) is 18.5. The molecule has 1 amide bonds. The highest BCUT2D eigenvalue weighted by molar-refractivity contribution is 7.99. The smallest absolute Gasteiger partial charge is 0.340 e. The second kappa shape index (κ2) is 11.1. The molecule has 0 saturated carbocycles. The lowest BCUT2D eigenvalue weighted by molar-refractivity contribution is -0.113. The first kappa shape index (κ1) is 23.8. The van der Waals surface area contributed by atoms with E-state index in [0.29, 0.717) is 34.8 Å². The number of amides is 1. The van der Waals surface area contributed by atoms with Crippen LogP contribution in [0.4, 0.5) is 5.00 Å². The summed E-state index contributed by atoms with van der Waals surface area (Å²) in [5, 5.41) is 14.2. The average molecular weight is 475 g/mol. The summed E-state index contributed by atoms with van der Waals surface area (Å²) in [6.07, 6.45) is 0. The summed E-state index contributed by atoms with van der Waals surface area (Å²) in [5.74, 6) is 1.43. The van der Waals surface area contributed by atoms with E-state index >= 15 is 0 Å². The number of hydrogen-bond acceptors (Lipinski definition) is 8. The Kier molecular flexibility index (Phi) is 8.29. The van der Waals surface area contributed by atoms with E-state index in [0.717, 1.165) is 17.1 Å². The number of carbonyl (C=O) groups is 2. The van der Waals surface area contributed by atoms with E-state index in [9.17, 15) is 9.59 Å². The van der Waals surface area contributed by atoms with Crippen LogP contribution in [0.2, 0.25) is 0 Å². The van der Waals surface area contributed by atoms with Crippen molar-refractivity contribution in [1.82, 2.24) is 14.8 Å². The molecule has 8 nitrogen and oxygen atoms in total. The van der Waals surface area contributed by atoms with Crippen molar-refractivity contribution in [3.05, 3.63) is 41.3 Å². The van der Waals surface area contributed by atoms with Crippen molar-refractivity contribution >= 4 is 40.0 Å². The van der Waals surface area contributed by atoms with Crippen molar-refractivity contribution in [3.63, 3.8) is 0 Å². The SMILES string of the molecule is CCn1c(SCC(=O)Nc2sccc2C(=O)OC)nnc1-c1ccc(OCC(C)C)cc1. The van der Waals surface area contributed by atoms with Crippen molar-refractivity contribution in [2.45, 2.75) is 32.5 Å². The van der Waals surface area contributed by atoms with Crippen LogP contribution in [0, 0.1) is 5.92 Å². The summed E-state index contributed by atoms with van der Waals surface area (Å²) in [7, 11) is 1.31. The molecule has 0 spiro atoms. The number of benzene rings is 1. The van der Waals surface area contributed by atoms with Crippen molar-refractivity contribution in [2.75, 3.05) is 24.8 Å². The second-order valence-corrected chi connectivity index (χ2v) is 9.13. The van der Waals surface area contributed by atoms with E-state index in [4.69, 9.17) is 9.47 Å². The quantitative estimate of drug-likeness (QED) is 0.339. The first-order chi connectivity index (χ1) is 15.4. The van der Waals surface area contributed by atoms with Crippen molar-refractivity contribution in [2.24, 2.45) is 5.92 Å². The molecule has 2 heterocycles. The van der Waals surface area contributed by atoms with Gasteiger partial charge >= 0.3 is 5.97 Å². The van der Waals surface area contributed by atoms with E-state index in [1.54, 1.807) is 11.4 Å². The Hall–Kier alpha value is -2.85. The number of hydrogen-bond donors (Lipinski definition) is 1. The number of ether oxygens (including phenoxy) is 2. The lowest BCUT2D eigenvalue weighted by Crippen LogP contribution is -2.16. The number of rotatable bonds is 10. The van der Waals surface area contributed by atoms with E-state index in [1.807, 2.05) is 35.8 Å². The van der Waals surface area contributed by atoms with Gasteiger partial charge in [-0.05, 0) is 48.6 Å². The minimum Gasteiger partial charge on any atom is -0.493 e. The fourth-order valence-corrected chi connectivity index (χ4v) is 4.42. The van der Waals surface area contributed by atoms with Crippen LogP contribution in [-0.2, 0) is 16.1 Å². The van der Waals surface area contributed by atoms with Gasteiger partial charge in [-0.15, -0.1) is 21.5 Å². The Bertz CT molecular complexity index is 1060. The minimum atomic E-state index is -0.481. The van der Waals surface area contributed by atoms with Crippen molar-refractivity contribution in [3.8, 4) is 17.1 Å². The largest absolute Gasteiger partial charge is 0.493 e. The van der Waals surface area contributed by atoms with Crippen LogP contribution >= 0.6 is 23.1 Å². The summed E-state index contributed by atoms with van der Waals surface area (Å²) < 4.78 is 12.4. The molecule has 0 saturated heterocycles. The lowest BCUT2D eigenvalue weighted by Gasteiger charge is -2.10. The summed E-state index contributed by atoms with van der Waals surface area (Å²) in [6.45, 7) is 7.55. The van der Waals surface area contributed by atoms with Crippen LogP contribution < -0.4 is 10.1 Å². The van der Waals surface area contributed by atoms with Gasteiger partial charge < -0.3 is 19.4 Å². The van der Waals surface area contributed by atoms with Crippen LogP contribution in [0.15, 0.2) is 40.9 Å². The summed E-state index contributed by atoms with van der Waals surface area (Å²) in [6, 6.07) is 9.38. The number of nitrogens with zero attached hydrogens (tertiary/aromatic N) is 3. The molecule has 3 rings (SSSR count). The molecular formula is C22H26N4O4S2. The third kappa shape index (κ3) is 5.89. The maximum Gasteiger partial charge on any atom is 0.340 e. The number of aromatic nitrogens is 3. The molecule has 1 aromatic carbocycles. The summed E-state index contributed by atoms with van der Waals surface area (Å²) in [5.41, 5.74) is 1.27. The van der Waals surface area contributed by atoms with Gasteiger partial charge in [-0.3, -0.25) is 4.79 Å². The molecule has 0 aliphatic rings. The zero-order valence-corrected chi connectivity index (χ0v) is 20.1. The molecule has 170 valence electrons. The lowest BCUT2D eigenvalue weighted by atomic mass is 10.2. The first-order valence-corrected chi connectivity index (χ1v) is 12.0. The third-order valence-corrected chi connectivity index (χ3v) is 6.18. The zero-order chi connectivity index (χ0) is 23.1. The van der Waals surface area contributed by atoms with Crippen molar-refractivity contribution < 1.29 is 19.1 Å². The monoisotopic (exact) mass is 474 g/mol. The molecule has 1 N–H and O–H groups in total. The Morgan fingerprint density at radius 3 is 2.59 bits per heavy atom. The van der Waals surface area contributed by atoms with Gasteiger partial charge in [0.25, 0.3) is 0 Å². The fourth-order valence-electron chi connectivity index (χ4n) is 2.83. The highest BCUT2D eigenvalue weighted by Gasteiger charge is 2.18. The van der Waals surface area contributed by atoms with Crippen LogP contribution in [0.1, 0.15) is 31.1 Å². The van der Waals surface area contributed by atoms with Crippen LogP contribution in [0.5, 0.6) is 5.75 Å². The van der Waals surface area contributed by atoms with E-state index < -0.39 is 5.97 Å². The van der Waals surface area contributed by atoms with Gasteiger partial charge in [-0.2, -0.15) is 0 Å². The molecular weight excluding hydrogens is 448 g/mol. The van der Waals surface area contributed by atoms with E-state index in [2.05, 4.69) is 29.4 Å². The van der Waals surface area contributed by atoms with Crippen LogP contribution in [-0.4, -0.2) is 46.1 Å². The number of thioether (sulfide) groups is 1. The minimum absolute atomic E-state index is 0.138. The number of nitrogens with one attached hydrogen (secondary N) is 1. The molecule has 32 heavy (non-hydrogen) atoms. The molecule has 0 unspecified atom stereocenters. The van der Waals surface area contributed by atoms with Gasteiger partial charge in [0.05, 0.1) is 25.0 Å². The van der Waals surface area contributed by atoms with Gasteiger partial charge in [0.1, 0.15) is 10.8 Å². The van der Waals surface area contributed by atoms with E-state index in [1.165, 1.54) is 30.2 Å². The molecule has 0 atom stereocenters. The molecule has 0 fully saturated rings. The van der Waals surface area contributed by atoms with Crippen LogP contribution in [0.25, 0.3) is 11.4 Å². The van der Waals surface area contributed by atoms with Gasteiger partial charge in [-0.1, -0.05) is 25.6 Å². The molecule has 0 aliphatic carbocycles.